The molecule has 1 aromatic heterocycles. The Morgan fingerprint density at radius 1 is 1.09 bits per heavy atom. The van der Waals surface area contributed by atoms with E-state index in [1.165, 1.54) is 6.07 Å². The number of aromatic hydroxyl groups is 1. The summed E-state index contributed by atoms with van der Waals surface area (Å²) in [5.74, 6) is 0.690. The summed E-state index contributed by atoms with van der Waals surface area (Å²) in [6.45, 7) is 3.14. The van der Waals surface area contributed by atoms with Crippen LogP contribution in [0.15, 0.2) is 72.8 Å². The van der Waals surface area contributed by atoms with Crippen LogP contribution in [0.5, 0.6) is 11.5 Å². The summed E-state index contributed by atoms with van der Waals surface area (Å²) < 4.78 is 5.75. The van der Waals surface area contributed by atoms with Crippen molar-refractivity contribution in [1.82, 2.24) is 15.1 Å². The van der Waals surface area contributed by atoms with Crippen molar-refractivity contribution in [3.63, 3.8) is 0 Å². The Kier molecular flexibility index (Phi) is 5.99. The Morgan fingerprint density at radius 3 is 2.59 bits per heavy atom. The molecule has 0 aliphatic carbocycles. The molecular formula is C27H24ClN3O3. The quantitative estimate of drug-likeness (QED) is 0.346. The van der Waals surface area contributed by atoms with E-state index in [9.17, 15) is 9.90 Å². The summed E-state index contributed by atoms with van der Waals surface area (Å²) in [5.41, 5.74) is 4.08. The number of aromatic amines is 1. The number of carbonyl (C=O) groups is 1. The second-order valence-electron chi connectivity index (χ2n) is 8.26. The zero-order valence-corrected chi connectivity index (χ0v) is 19.4. The molecule has 0 spiro atoms. The van der Waals surface area contributed by atoms with Gasteiger partial charge in [0.25, 0.3) is 5.91 Å². The minimum absolute atomic E-state index is 0.0507. The van der Waals surface area contributed by atoms with Crippen LogP contribution in [0.2, 0.25) is 5.02 Å². The number of hydrogen-bond donors (Lipinski definition) is 2. The number of H-pyrrole nitrogens is 1. The Bertz CT molecular complexity index is 1320. The molecule has 1 aliphatic heterocycles. The van der Waals surface area contributed by atoms with Crippen LogP contribution in [0.25, 0.3) is 11.3 Å². The molecule has 1 atom stereocenters. The van der Waals surface area contributed by atoms with Gasteiger partial charge < -0.3 is 14.7 Å². The number of phenolic OH excluding ortho intramolecular Hbond substituents is 1. The predicted molar refractivity (Wildman–Crippen MR) is 131 cm³/mol. The van der Waals surface area contributed by atoms with Crippen LogP contribution in [-0.4, -0.2) is 32.7 Å². The van der Waals surface area contributed by atoms with Gasteiger partial charge in [-0.05, 0) is 47.9 Å². The van der Waals surface area contributed by atoms with Gasteiger partial charge in [0.15, 0.2) is 0 Å². The van der Waals surface area contributed by atoms with Crippen molar-refractivity contribution in [1.29, 1.82) is 0 Å². The summed E-state index contributed by atoms with van der Waals surface area (Å²) >= 11 is 6.22. The number of nitrogens with zero attached hydrogens (tertiary/aromatic N) is 2. The molecule has 1 aliphatic rings. The van der Waals surface area contributed by atoms with E-state index >= 15 is 0 Å². The lowest BCUT2D eigenvalue weighted by Crippen LogP contribution is -2.29. The van der Waals surface area contributed by atoms with Crippen LogP contribution < -0.4 is 4.74 Å². The molecule has 2 heterocycles. The Balaban J connectivity index is 1.62. The number of phenols is 1. The summed E-state index contributed by atoms with van der Waals surface area (Å²) in [6.07, 6.45) is 0.925. The van der Waals surface area contributed by atoms with E-state index < -0.39 is 6.04 Å². The fourth-order valence-electron chi connectivity index (χ4n) is 4.36. The van der Waals surface area contributed by atoms with E-state index in [-0.39, 0.29) is 11.7 Å². The van der Waals surface area contributed by atoms with Crippen molar-refractivity contribution in [2.24, 2.45) is 0 Å². The van der Waals surface area contributed by atoms with Gasteiger partial charge in [-0.2, -0.15) is 5.10 Å². The van der Waals surface area contributed by atoms with E-state index in [1.54, 1.807) is 12.1 Å². The third-order valence-electron chi connectivity index (χ3n) is 5.94. The molecule has 0 saturated heterocycles. The van der Waals surface area contributed by atoms with Crippen molar-refractivity contribution in [2.45, 2.75) is 25.9 Å². The molecule has 0 radical (unpaired) electrons. The standard InChI is InChI=1S/C27H24ClN3O3/c1-2-14-34-20-11-8-18(9-12-20)26-23-24(21-15-19(28)10-13-22(21)32)29-30-25(23)27(33)31(26)16-17-6-4-3-5-7-17/h3-13,15,26,32H,2,14,16H2,1H3,(H,29,30). The van der Waals surface area contributed by atoms with Crippen molar-refractivity contribution >= 4 is 17.5 Å². The largest absolute Gasteiger partial charge is 0.507 e. The minimum Gasteiger partial charge on any atom is -0.507 e. The van der Waals surface area contributed by atoms with Crippen LogP contribution in [0.3, 0.4) is 0 Å². The maximum absolute atomic E-state index is 13.5. The normalized spacial score (nSPS) is 14.9. The maximum Gasteiger partial charge on any atom is 0.273 e. The van der Waals surface area contributed by atoms with Gasteiger partial charge in [-0.1, -0.05) is 61.0 Å². The van der Waals surface area contributed by atoms with Crippen LogP contribution in [-0.2, 0) is 6.54 Å². The molecule has 0 saturated carbocycles. The fraction of sp³-hybridized carbons (Fsp3) is 0.185. The summed E-state index contributed by atoms with van der Waals surface area (Å²) in [5, 5.41) is 18.4. The number of carbonyl (C=O) groups excluding carboxylic acids is 1. The van der Waals surface area contributed by atoms with E-state index in [0.717, 1.165) is 28.9 Å². The second-order valence-corrected chi connectivity index (χ2v) is 8.70. The molecule has 0 fully saturated rings. The summed E-state index contributed by atoms with van der Waals surface area (Å²) in [7, 11) is 0. The monoisotopic (exact) mass is 473 g/mol. The molecule has 1 unspecified atom stereocenters. The zero-order valence-electron chi connectivity index (χ0n) is 18.7. The Labute approximate surface area is 202 Å². The summed E-state index contributed by atoms with van der Waals surface area (Å²) in [4.78, 5) is 15.4. The van der Waals surface area contributed by atoms with Crippen molar-refractivity contribution in [3.8, 4) is 22.8 Å². The number of amides is 1. The number of ether oxygens (including phenoxy) is 1. The Hall–Kier alpha value is -3.77. The first-order valence-electron chi connectivity index (χ1n) is 11.2. The number of benzene rings is 3. The smallest absolute Gasteiger partial charge is 0.273 e. The summed E-state index contributed by atoms with van der Waals surface area (Å²) in [6, 6.07) is 22.1. The predicted octanol–water partition coefficient (Wildman–Crippen LogP) is 5.97. The third kappa shape index (κ3) is 4.01. The SMILES string of the molecule is CCCOc1ccc(C2c3c(-c4cc(Cl)ccc4O)n[nH]c3C(=O)N2Cc2ccccc2)cc1. The lowest BCUT2D eigenvalue weighted by molar-refractivity contribution is 0.0730. The highest BCUT2D eigenvalue weighted by molar-refractivity contribution is 6.31. The van der Waals surface area contributed by atoms with Gasteiger partial charge in [-0.3, -0.25) is 9.89 Å². The van der Waals surface area contributed by atoms with Crippen molar-refractivity contribution < 1.29 is 14.6 Å². The molecule has 7 heteroatoms. The van der Waals surface area contributed by atoms with Gasteiger partial charge in [0.05, 0.1) is 12.6 Å². The van der Waals surface area contributed by atoms with Gasteiger partial charge in [0.1, 0.15) is 22.9 Å². The van der Waals surface area contributed by atoms with Gasteiger partial charge in [-0.25, -0.2) is 0 Å². The van der Waals surface area contributed by atoms with Gasteiger partial charge in [-0.15, -0.1) is 0 Å². The van der Waals surface area contributed by atoms with Crippen LogP contribution in [0.4, 0.5) is 0 Å². The molecule has 34 heavy (non-hydrogen) atoms. The highest BCUT2D eigenvalue weighted by Crippen LogP contribution is 2.45. The van der Waals surface area contributed by atoms with E-state index in [0.29, 0.717) is 35.1 Å². The number of nitrogens with one attached hydrogen (secondary N) is 1. The second kappa shape index (κ2) is 9.23. The highest BCUT2D eigenvalue weighted by atomic mass is 35.5. The van der Waals surface area contributed by atoms with Gasteiger partial charge in [0, 0.05) is 22.7 Å². The number of halogens is 1. The Morgan fingerprint density at radius 2 is 1.85 bits per heavy atom. The van der Waals surface area contributed by atoms with E-state index in [2.05, 4.69) is 17.1 Å². The maximum atomic E-state index is 13.5. The molecule has 2 N–H and O–H groups in total. The molecule has 4 aromatic rings. The average molecular weight is 474 g/mol. The number of aromatic nitrogens is 2. The average Bonchev–Trinajstić information content (AvgIpc) is 3.39. The highest BCUT2D eigenvalue weighted by Gasteiger charge is 2.42. The van der Waals surface area contributed by atoms with Gasteiger partial charge in [0.2, 0.25) is 0 Å². The number of fused-ring (bicyclic) bond motifs is 1. The molecule has 0 bridgehead atoms. The lowest BCUT2D eigenvalue weighted by Gasteiger charge is -2.26. The first-order valence-corrected chi connectivity index (χ1v) is 11.6. The van der Waals surface area contributed by atoms with Crippen LogP contribution >= 0.6 is 11.6 Å². The van der Waals surface area contributed by atoms with Crippen LogP contribution in [0, 0.1) is 0 Å². The molecule has 172 valence electrons. The molecule has 3 aromatic carbocycles. The molecule has 1 amide bonds. The molecule has 5 rings (SSSR count). The van der Waals surface area contributed by atoms with Crippen LogP contribution in [0.1, 0.15) is 46.6 Å². The minimum atomic E-state index is -0.393. The third-order valence-corrected chi connectivity index (χ3v) is 6.18. The zero-order chi connectivity index (χ0) is 23.7. The van der Waals surface area contributed by atoms with Crippen molar-refractivity contribution in [2.75, 3.05) is 6.61 Å². The number of hydrogen-bond acceptors (Lipinski definition) is 4. The first-order chi connectivity index (χ1) is 16.6. The van der Waals surface area contributed by atoms with E-state index in [4.69, 9.17) is 16.3 Å². The topological polar surface area (TPSA) is 78.5 Å². The molecular weight excluding hydrogens is 450 g/mol. The van der Waals surface area contributed by atoms with E-state index in [1.807, 2.05) is 59.5 Å². The first kappa shape index (κ1) is 22.0. The molecule has 6 nitrogen and oxygen atoms in total. The van der Waals surface area contributed by atoms with Gasteiger partial charge >= 0.3 is 0 Å². The van der Waals surface area contributed by atoms with Crippen molar-refractivity contribution in [3.05, 3.63) is 100 Å². The lowest BCUT2D eigenvalue weighted by atomic mass is 9.95. The number of rotatable bonds is 7. The fourth-order valence-corrected chi connectivity index (χ4v) is 4.53.